The molecule has 1 aliphatic carbocycles. The van der Waals surface area contributed by atoms with Crippen LogP contribution in [-0.4, -0.2) is 46.6 Å². The van der Waals surface area contributed by atoms with Crippen LogP contribution in [0.1, 0.15) is 23.2 Å². The van der Waals surface area contributed by atoms with Gasteiger partial charge in [0.05, 0.1) is 19.2 Å². The first-order chi connectivity index (χ1) is 11.9. The average Bonchev–Trinajstić information content (AvgIpc) is 3.40. The minimum atomic E-state index is -3.82. The van der Waals surface area contributed by atoms with Gasteiger partial charge in [-0.1, -0.05) is 5.92 Å². The maximum Gasteiger partial charge on any atom is 0.338 e. The van der Waals surface area contributed by atoms with Gasteiger partial charge in [0.2, 0.25) is 10.0 Å². The van der Waals surface area contributed by atoms with Gasteiger partial charge in [-0.2, -0.15) is 0 Å². The van der Waals surface area contributed by atoms with Crippen molar-refractivity contribution in [2.75, 3.05) is 20.3 Å². The molecule has 8 nitrogen and oxygen atoms in total. The number of terminal acetylenes is 1. The van der Waals surface area contributed by atoms with Gasteiger partial charge in [-0.15, -0.1) is 6.42 Å². The van der Waals surface area contributed by atoms with Gasteiger partial charge in [0.1, 0.15) is 10.6 Å². The lowest BCUT2D eigenvalue weighted by Crippen LogP contribution is -2.29. The van der Waals surface area contributed by atoms with Crippen LogP contribution in [0.5, 0.6) is 5.75 Å². The van der Waals surface area contributed by atoms with Crippen LogP contribution < -0.4 is 14.8 Å². The molecule has 1 amide bonds. The predicted octanol–water partition coefficient (Wildman–Crippen LogP) is 0.0421. The molecule has 1 aromatic rings. The van der Waals surface area contributed by atoms with Crippen molar-refractivity contribution in [2.24, 2.45) is 0 Å². The molecule has 0 atom stereocenters. The number of hydrogen-bond donors (Lipinski definition) is 2. The maximum absolute atomic E-state index is 12.4. The van der Waals surface area contributed by atoms with Crippen molar-refractivity contribution in [3.8, 4) is 18.1 Å². The molecule has 134 valence electrons. The molecule has 1 aliphatic rings. The van der Waals surface area contributed by atoms with Gasteiger partial charge in [0.15, 0.2) is 6.61 Å². The highest BCUT2D eigenvalue weighted by molar-refractivity contribution is 7.89. The number of benzene rings is 1. The Morgan fingerprint density at radius 3 is 2.68 bits per heavy atom. The zero-order valence-electron chi connectivity index (χ0n) is 13.6. The molecule has 0 bridgehead atoms. The highest BCUT2D eigenvalue weighted by Gasteiger charge is 2.30. The topological polar surface area (TPSA) is 111 Å². The summed E-state index contributed by atoms with van der Waals surface area (Å²) in [6, 6.07) is 3.78. The molecule has 2 N–H and O–H groups in total. The van der Waals surface area contributed by atoms with E-state index in [2.05, 4.69) is 16.0 Å². The number of carbonyl (C=O) groups is 2. The van der Waals surface area contributed by atoms with E-state index >= 15 is 0 Å². The van der Waals surface area contributed by atoms with Crippen molar-refractivity contribution in [1.82, 2.24) is 10.0 Å². The lowest BCUT2D eigenvalue weighted by Gasteiger charge is -2.12. The fraction of sp³-hybridized carbons (Fsp3) is 0.375. The molecule has 1 saturated carbocycles. The Morgan fingerprint density at radius 1 is 1.36 bits per heavy atom. The summed E-state index contributed by atoms with van der Waals surface area (Å²) in [6.07, 6.45) is 6.55. The summed E-state index contributed by atoms with van der Waals surface area (Å²) in [5.74, 6) is 0.938. The van der Waals surface area contributed by atoms with Gasteiger partial charge in [-0.25, -0.2) is 17.9 Å². The molecule has 0 aromatic heterocycles. The van der Waals surface area contributed by atoms with E-state index in [-0.39, 0.29) is 28.8 Å². The van der Waals surface area contributed by atoms with E-state index in [1.807, 2.05) is 0 Å². The molecule has 2 rings (SSSR count). The SMILES string of the molecule is C#CCNC(=O)COC(=O)c1ccc(OC)c(S(=O)(=O)NC2CC2)c1. The zero-order chi connectivity index (χ0) is 18.4. The maximum atomic E-state index is 12.4. The van der Waals surface area contributed by atoms with Gasteiger partial charge < -0.3 is 14.8 Å². The summed E-state index contributed by atoms with van der Waals surface area (Å²) in [7, 11) is -2.49. The normalized spacial score (nSPS) is 13.6. The quantitative estimate of drug-likeness (QED) is 0.497. The van der Waals surface area contributed by atoms with Crippen LogP contribution in [0.4, 0.5) is 0 Å². The van der Waals surface area contributed by atoms with Gasteiger partial charge in [0, 0.05) is 6.04 Å². The van der Waals surface area contributed by atoms with Crippen LogP contribution >= 0.6 is 0 Å². The Morgan fingerprint density at radius 2 is 2.08 bits per heavy atom. The minimum absolute atomic E-state index is 0.0123. The van der Waals surface area contributed by atoms with E-state index in [0.29, 0.717) is 0 Å². The Kier molecular flexibility index (Phi) is 6.01. The van der Waals surface area contributed by atoms with Crippen LogP contribution in [0.3, 0.4) is 0 Å². The van der Waals surface area contributed by atoms with E-state index in [1.54, 1.807) is 0 Å². The predicted molar refractivity (Wildman–Crippen MR) is 88.5 cm³/mol. The molecule has 9 heteroatoms. The Hall–Kier alpha value is -2.57. The fourth-order valence-electron chi connectivity index (χ4n) is 1.91. The van der Waals surface area contributed by atoms with Crippen LogP contribution in [0.15, 0.2) is 23.1 Å². The first-order valence-electron chi connectivity index (χ1n) is 7.45. The van der Waals surface area contributed by atoms with Gasteiger partial charge in [-0.3, -0.25) is 4.79 Å². The third-order valence-corrected chi connectivity index (χ3v) is 4.85. The van der Waals surface area contributed by atoms with Crippen molar-refractivity contribution in [3.63, 3.8) is 0 Å². The summed E-state index contributed by atoms with van der Waals surface area (Å²) < 4.78 is 37.2. The number of hydrogen-bond acceptors (Lipinski definition) is 6. The van der Waals surface area contributed by atoms with Crippen LogP contribution in [0, 0.1) is 12.3 Å². The number of rotatable bonds is 8. The first-order valence-corrected chi connectivity index (χ1v) is 8.93. The molecule has 0 radical (unpaired) electrons. The summed E-state index contributed by atoms with van der Waals surface area (Å²) in [5, 5.41) is 2.34. The Bertz CT molecular complexity index is 808. The van der Waals surface area contributed by atoms with Gasteiger partial charge in [-0.05, 0) is 31.0 Å². The minimum Gasteiger partial charge on any atom is -0.495 e. The van der Waals surface area contributed by atoms with Gasteiger partial charge >= 0.3 is 5.97 Å². The number of esters is 1. The summed E-state index contributed by atoms with van der Waals surface area (Å²) in [4.78, 5) is 23.3. The molecule has 0 heterocycles. The smallest absolute Gasteiger partial charge is 0.338 e. The summed E-state index contributed by atoms with van der Waals surface area (Å²) in [5.41, 5.74) is -0.0123. The van der Waals surface area contributed by atoms with Crippen LogP contribution in [0.2, 0.25) is 0 Å². The van der Waals surface area contributed by atoms with E-state index in [0.717, 1.165) is 18.9 Å². The molecular formula is C16H18N2O6S. The van der Waals surface area contributed by atoms with Crippen LogP contribution in [-0.2, 0) is 19.6 Å². The van der Waals surface area contributed by atoms with E-state index in [4.69, 9.17) is 15.9 Å². The monoisotopic (exact) mass is 366 g/mol. The number of ether oxygens (including phenoxy) is 2. The van der Waals surface area contributed by atoms with Crippen molar-refractivity contribution in [1.29, 1.82) is 0 Å². The molecular weight excluding hydrogens is 348 g/mol. The molecule has 0 saturated heterocycles. The molecule has 0 aliphatic heterocycles. The zero-order valence-corrected chi connectivity index (χ0v) is 14.4. The second-order valence-electron chi connectivity index (χ2n) is 5.32. The molecule has 1 fully saturated rings. The average molecular weight is 366 g/mol. The Balaban J connectivity index is 2.13. The number of amides is 1. The number of nitrogens with one attached hydrogen (secondary N) is 2. The molecule has 1 aromatic carbocycles. The standard InChI is InChI=1S/C16H18N2O6S/c1-3-8-17-15(19)10-24-16(20)11-4-7-13(23-2)14(9-11)25(21,22)18-12-5-6-12/h1,4,7,9,12,18H,5-6,8,10H2,2H3,(H,17,19). The lowest BCUT2D eigenvalue weighted by atomic mass is 10.2. The summed E-state index contributed by atoms with van der Waals surface area (Å²) >= 11 is 0. The second kappa shape index (κ2) is 8.00. The highest BCUT2D eigenvalue weighted by atomic mass is 32.2. The largest absolute Gasteiger partial charge is 0.495 e. The van der Waals surface area contributed by atoms with Crippen molar-refractivity contribution < 1.29 is 27.5 Å². The number of sulfonamides is 1. The molecule has 25 heavy (non-hydrogen) atoms. The van der Waals surface area contributed by atoms with Gasteiger partial charge in [0.25, 0.3) is 5.91 Å². The van der Waals surface area contributed by atoms with Crippen molar-refractivity contribution in [2.45, 2.75) is 23.8 Å². The molecule has 0 unspecified atom stereocenters. The lowest BCUT2D eigenvalue weighted by molar-refractivity contribution is -0.123. The third-order valence-electron chi connectivity index (χ3n) is 3.31. The van der Waals surface area contributed by atoms with Crippen LogP contribution in [0.25, 0.3) is 0 Å². The third kappa shape index (κ3) is 5.20. The van der Waals surface area contributed by atoms with Crippen molar-refractivity contribution >= 4 is 21.9 Å². The fourth-order valence-corrected chi connectivity index (χ4v) is 3.41. The van der Waals surface area contributed by atoms with Crippen molar-refractivity contribution in [3.05, 3.63) is 23.8 Å². The number of methoxy groups -OCH3 is 1. The first kappa shape index (κ1) is 18.8. The summed E-state index contributed by atoms with van der Waals surface area (Å²) in [6.45, 7) is -0.497. The Labute approximate surface area is 145 Å². The highest BCUT2D eigenvalue weighted by Crippen LogP contribution is 2.28. The second-order valence-corrected chi connectivity index (χ2v) is 7.00. The van der Waals surface area contributed by atoms with E-state index in [1.165, 1.54) is 19.2 Å². The van der Waals surface area contributed by atoms with E-state index in [9.17, 15) is 18.0 Å². The number of carbonyl (C=O) groups excluding carboxylic acids is 2. The molecule has 0 spiro atoms. The van der Waals surface area contributed by atoms with E-state index < -0.39 is 28.5 Å².